The van der Waals surface area contributed by atoms with Crippen molar-refractivity contribution in [1.29, 1.82) is 5.26 Å². The number of allylic oxidation sites excluding steroid dienone is 1. The van der Waals surface area contributed by atoms with E-state index in [9.17, 15) is 9.65 Å². The molecule has 5 nitrogen and oxygen atoms in total. The van der Waals surface area contributed by atoms with Gasteiger partial charge in [0.25, 0.3) is 0 Å². The van der Waals surface area contributed by atoms with Gasteiger partial charge in [0.15, 0.2) is 0 Å². The van der Waals surface area contributed by atoms with Crippen LogP contribution in [-0.4, -0.2) is 9.78 Å². The number of nitrogens with zero attached hydrogens (tertiary/aromatic N) is 3. The van der Waals surface area contributed by atoms with Gasteiger partial charge in [0.2, 0.25) is 11.8 Å². The van der Waals surface area contributed by atoms with Gasteiger partial charge >= 0.3 is 0 Å². The van der Waals surface area contributed by atoms with E-state index >= 15 is 0 Å². The highest BCUT2D eigenvalue weighted by Crippen LogP contribution is 2.45. The summed E-state index contributed by atoms with van der Waals surface area (Å²) in [6, 6.07) is 16.2. The lowest BCUT2D eigenvalue weighted by Crippen LogP contribution is -2.22. The molecule has 134 valence electrons. The van der Waals surface area contributed by atoms with Gasteiger partial charge < -0.3 is 10.5 Å². The number of fused-ring (bicyclic) bond motifs is 1. The molecule has 27 heavy (non-hydrogen) atoms. The Balaban J connectivity index is 1.98. The van der Waals surface area contributed by atoms with E-state index < -0.39 is 11.7 Å². The molecule has 0 radical (unpaired) electrons. The van der Waals surface area contributed by atoms with E-state index in [0.717, 1.165) is 5.69 Å². The van der Waals surface area contributed by atoms with Crippen LogP contribution in [0.4, 0.5) is 4.39 Å². The van der Waals surface area contributed by atoms with Crippen LogP contribution in [0.3, 0.4) is 0 Å². The second-order valence-electron chi connectivity index (χ2n) is 6.14. The molecule has 1 aliphatic heterocycles. The van der Waals surface area contributed by atoms with Gasteiger partial charge in [-0.1, -0.05) is 40.2 Å². The quantitative estimate of drug-likeness (QED) is 0.664. The van der Waals surface area contributed by atoms with Crippen LogP contribution in [0.2, 0.25) is 0 Å². The fourth-order valence-electron chi connectivity index (χ4n) is 3.30. The van der Waals surface area contributed by atoms with Gasteiger partial charge in [0.05, 0.1) is 22.9 Å². The van der Waals surface area contributed by atoms with Crippen molar-refractivity contribution in [2.45, 2.75) is 12.8 Å². The van der Waals surface area contributed by atoms with Crippen molar-refractivity contribution in [2.75, 3.05) is 0 Å². The molecule has 4 rings (SSSR count). The number of halogens is 2. The highest BCUT2D eigenvalue weighted by Gasteiger charge is 2.37. The normalized spacial score (nSPS) is 15.9. The zero-order valence-electron chi connectivity index (χ0n) is 14.3. The van der Waals surface area contributed by atoms with Gasteiger partial charge in [-0.3, -0.25) is 0 Å². The molecule has 0 saturated heterocycles. The molecule has 0 bridgehead atoms. The number of ether oxygens (including phenoxy) is 1. The lowest BCUT2D eigenvalue weighted by Gasteiger charge is -2.25. The maximum absolute atomic E-state index is 14.8. The fraction of sp³-hybridized carbons (Fsp3) is 0.100. The van der Waals surface area contributed by atoms with E-state index in [0.29, 0.717) is 27.2 Å². The molecule has 7 heteroatoms. The van der Waals surface area contributed by atoms with Crippen molar-refractivity contribution in [3.8, 4) is 17.6 Å². The Morgan fingerprint density at radius 2 is 2.00 bits per heavy atom. The van der Waals surface area contributed by atoms with Gasteiger partial charge in [0.1, 0.15) is 17.5 Å². The third-order valence-electron chi connectivity index (χ3n) is 4.51. The molecule has 0 saturated carbocycles. The first kappa shape index (κ1) is 17.3. The van der Waals surface area contributed by atoms with Crippen LogP contribution in [0, 0.1) is 24.1 Å². The molecular weight excluding hydrogens is 411 g/mol. The zero-order valence-corrected chi connectivity index (χ0v) is 15.9. The van der Waals surface area contributed by atoms with E-state index in [1.165, 1.54) is 6.07 Å². The number of benzene rings is 2. The standard InChI is InChI=1S/C20H14BrFN4O/c1-11-17-18(14-8-7-12(21)9-16(14)22)15(10-23)19(24)27-20(17)26(25-11)13-5-3-2-4-6-13/h2-9,18H,24H2,1H3/t18-/m1/s1. The summed E-state index contributed by atoms with van der Waals surface area (Å²) in [6.45, 7) is 1.81. The summed E-state index contributed by atoms with van der Waals surface area (Å²) < 4.78 is 22.8. The molecule has 0 fully saturated rings. The Bertz CT molecular complexity index is 1120. The maximum Gasteiger partial charge on any atom is 0.229 e. The number of aryl methyl sites for hydroxylation is 1. The van der Waals surface area contributed by atoms with E-state index in [1.54, 1.807) is 16.8 Å². The average Bonchev–Trinajstić information content (AvgIpc) is 2.98. The Morgan fingerprint density at radius 3 is 2.67 bits per heavy atom. The third kappa shape index (κ3) is 2.78. The number of rotatable bonds is 2. The molecule has 2 N–H and O–H groups in total. The number of nitriles is 1. The molecule has 1 aromatic heterocycles. The SMILES string of the molecule is Cc1nn(-c2ccccc2)c2c1[C@H](c1ccc(Br)cc1F)C(C#N)=C(N)O2. The van der Waals surface area contributed by atoms with Gasteiger partial charge in [0, 0.05) is 10.0 Å². The number of nitrogens with two attached hydrogens (primary N) is 1. The largest absolute Gasteiger partial charge is 0.422 e. The van der Waals surface area contributed by atoms with Crippen molar-refractivity contribution in [2.24, 2.45) is 5.73 Å². The first-order chi connectivity index (χ1) is 13.0. The lowest BCUT2D eigenvalue weighted by atomic mass is 9.84. The minimum absolute atomic E-state index is 0.0469. The zero-order chi connectivity index (χ0) is 19.1. The van der Waals surface area contributed by atoms with Gasteiger partial charge in [-0.15, -0.1) is 0 Å². The maximum atomic E-state index is 14.8. The summed E-state index contributed by atoms with van der Waals surface area (Å²) in [6.07, 6.45) is 0. The molecule has 0 amide bonds. The second-order valence-corrected chi connectivity index (χ2v) is 7.06. The Labute approximate surface area is 163 Å². The second kappa shape index (κ2) is 6.56. The molecule has 3 aromatic rings. The van der Waals surface area contributed by atoms with Crippen LogP contribution in [0.25, 0.3) is 5.69 Å². The molecule has 2 heterocycles. The van der Waals surface area contributed by atoms with E-state index in [4.69, 9.17) is 10.5 Å². The minimum Gasteiger partial charge on any atom is -0.422 e. The summed E-state index contributed by atoms with van der Waals surface area (Å²) in [7, 11) is 0. The molecule has 1 aliphatic rings. The van der Waals surface area contributed by atoms with Crippen LogP contribution >= 0.6 is 15.9 Å². The number of hydrogen-bond donors (Lipinski definition) is 1. The summed E-state index contributed by atoms with van der Waals surface area (Å²) >= 11 is 3.26. The number of aromatic nitrogens is 2. The topological polar surface area (TPSA) is 76.9 Å². The summed E-state index contributed by atoms with van der Waals surface area (Å²) in [5.41, 5.74) is 8.59. The van der Waals surface area contributed by atoms with Gasteiger partial charge in [-0.25, -0.2) is 9.07 Å². The van der Waals surface area contributed by atoms with Crippen LogP contribution in [0.15, 0.2) is 64.5 Å². The van der Waals surface area contributed by atoms with E-state index in [2.05, 4.69) is 27.1 Å². The third-order valence-corrected chi connectivity index (χ3v) is 5.00. The van der Waals surface area contributed by atoms with Crippen molar-refractivity contribution in [3.05, 3.63) is 87.1 Å². The minimum atomic E-state index is -0.690. The average molecular weight is 425 g/mol. The van der Waals surface area contributed by atoms with Crippen LogP contribution in [-0.2, 0) is 0 Å². The predicted octanol–water partition coefficient (Wildman–Crippen LogP) is 4.30. The van der Waals surface area contributed by atoms with Crippen LogP contribution in [0.1, 0.15) is 22.7 Å². The number of para-hydroxylation sites is 1. The molecule has 0 aliphatic carbocycles. The smallest absolute Gasteiger partial charge is 0.229 e. The summed E-state index contributed by atoms with van der Waals surface area (Å²) in [5.74, 6) is -0.782. The van der Waals surface area contributed by atoms with Crippen molar-refractivity contribution >= 4 is 15.9 Å². The first-order valence-corrected chi connectivity index (χ1v) is 8.98. The molecule has 1 atom stereocenters. The molecule has 0 unspecified atom stereocenters. The highest BCUT2D eigenvalue weighted by atomic mass is 79.9. The molecule has 0 spiro atoms. The van der Waals surface area contributed by atoms with Crippen LogP contribution in [0.5, 0.6) is 5.88 Å². The molecular formula is C20H14BrFN4O. The highest BCUT2D eigenvalue weighted by molar-refractivity contribution is 9.10. The first-order valence-electron chi connectivity index (χ1n) is 8.18. The monoisotopic (exact) mass is 424 g/mol. The van der Waals surface area contributed by atoms with Gasteiger partial charge in [-0.2, -0.15) is 10.4 Å². The predicted molar refractivity (Wildman–Crippen MR) is 102 cm³/mol. The van der Waals surface area contributed by atoms with Crippen molar-refractivity contribution in [1.82, 2.24) is 9.78 Å². The summed E-state index contributed by atoms with van der Waals surface area (Å²) in [4.78, 5) is 0. The Hall–Kier alpha value is -3.11. The van der Waals surface area contributed by atoms with E-state index in [1.807, 2.05) is 37.3 Å². The molecule has 2 aromatic carbocycles. The van der Waals surface area contributed by atoms with Crippen molar-refractivity contribution < 1.29 is 9.13 Å². The van der Waals surface area contributed by atoms with Crippen LogP contribution < -0.4 is 10.5 Å². The van der Waals surface area contributed by atoms with Gasteiger partial charge in [-0.05, 0) is 31.2 Å². The fourth-order valence-corrected chi connectivity index (χ4v) is 3.64. The van der Waals surface area contributed by atoms with E-state index in [-0.39, 0.29) is 11.5 Å². The lowest BCUT2D eigenvalue weighted by molar-refractivity contribution is 0.366. The Morgan fingerprint density at radius 1 is 1.26 bits per heavy atom. The number of hydrogen-bond acceptors (Lipinski definition) is 4. The summed E-state index contributed by atoms with van der Waals surface area (Å²) in [5, 5.41) is 14.2. The van der Waals surface area contributed by atoms with Crippen molar-refractivity contribution in [3.63, 3.8) is 0 Å². The Kier molecular flexibility index (Phi) is 4.21.